The van der Waals surface area contributed by atoms with Crippen molar-refractivity contribution >= 4 is 23.4 Å². The Hall–Kier alpha value is -2.31. The number of hydrogen-bond acceptors (Lipinski definition) is 4. The lowest BCUT2D eigenvalue weighted by Gasteiger charge is -2.09. The third-order valence-electron chi connectivity index (χ3n) is 3.32. The van der Waals surface area contributed by atoms with Crippen molar-refractivity contribution < 1.29 is 9.53 Å². The van der Waals surface area contributed by atoms with E-state index in [1.807, 2.05) is 24.3 Å². The van der Waals surface area contributed by atoms with Crippen LogP contribution in [0.4, 0.5) is 10.5 Å². The molecule has 0 spiro atoms. The molecule has 1 atom stereocenters. The monoisotopic (exact) mass is 318 g/mol. The molecule has 1 amide bonds. The molecule has 22 heavy (non-hydrogen) atoms. The quantitative estimate of drug-likeness (QED) is 0.650. The van der Waals surface area contributed by atoms with Gasteiger partial charge in [-0.05, 0) is 12.5 Å². The first-order chi connectivity index (χ1) is 10.6. The zero-order valence-corrected chi connectivity index (χ0v) is 12.4. The number of carbonyl (C=O) groups is 1. The number of cyclic esters (lactones) is 1. The van der Waals surface area contributed by atoms with Crippen LogP contribution in [0.1, 0.15) is 18.3 Å². The van der Waals surface area contributed by atoms with Gasteiger partial charge < -0.3 is 15.5 Å². The van der Waals surface area contributed by atoms with E-state index in [2.05, 4.69) is 15.3 Å². The number of nitrogens with two attached hydrogens (primary N) is 1. The van der Waals surface area contributed by atoms with Crippen molar-refractivity contribution in [3.63, 3.8) is 0 Å². The number of aromatic nitrogens is 2. The highest BCUT2D eigenvalue weighted by Gasteiger charge is 2.18. The number of benzene rings is 1. The largest absolute Gasteiger partial charge is 0.445 e. The molecule has 0 saturated heterocycles. The minimum Gasteiger partial charge on any atom is -0.445 e. The molecule has 0 radical (unpaired) electrons. The molecule has 1 aliphatic rings. The molecule has 2 heterocycles. The Balaban J connectivity index is 2.09. The molecule has 2 aromatic rings. The number of imidazole rings is 1. The minimum absolute atomic E-state index is 0.185. The van der Waals surface area contributed by atoms with Crippen molar-refractivity contribution in [2.45, 2.75) is 12.5 Å². The Labute approximate surface area is 132 Å². The molecule has 114 valence electrons. The molecular formula is C15H15ClN4O2. The van der Waals surface area contributed by atoms with Gasteiger partial charge in [0, 0.05) is 5.56 Å². The SMILES string of the molecule is N[C@H]1C/C=C\COC(=O)Nc2ccccc2-c2nc1[nH]c2Cl. The van der Waals surface area contributed by atoms with Crippen LogP contribution < -0.4 is 11.1 Å². The second-order valence-corrected chi connectivity index (χ2v) is 5.25. The normalized spacial score (nSPS) is 19.7. The molecule has 7 heteroatoms. The van der Waals surface area contributed by atoms with Gasteiger partial charge in [0.1, 0.15) is 23.3 Å². The van der Waals surface area contributed by atoms with Crippen molar-refractivity contribution in [2.75, 3.05) is 11.9 Å². The van der Waals surface area contributed by atoms with Crippen LogP contribution >= 0.6 is 11.6 Å². The highest BCUT2D eigenvalue weighted by Crippen LogP contribution is 2.33. The van der Waals surface area contributed by atoms with E-state index in [0.29, 0.717) is 34.3 Å². The van der Waals surface area contributed by atoms with Crippen LogP contribution in [0.5, 0.6) is 0 Å². The summed E-state index contributed by atoms with van der Waals surface area (Å²) in [4.78, 5) is 19.3. The van der Waals surface area contributed by atoms with Crippen LogP contribution in [0, 0.1) is 0 Å². The number of anilines is 1. The number of para-hydroxylation sites is 1. The lowest BCUT2D eigenvalue weighted by molar-refractivity contribution is 0.174. The maximum atomic E-state index is 11.8. The van der Waals surface area contributed by atoms with Gasteiger partial charge in [-0.2, -0.15) is 0 Å². The maximum Gasteiger partial charge on any atom is 0.411 e. The first-order valence-electron chi connectivity index (χ1n) is 6.84. The van der Waals surface area contributed by atoms with Gasteiger partial charge in [-0.1, -0.05) is 42.0 Å². The minimum atomic E-state index is -0.535. The molecule has 4 N–H and O–H groups in total. The molecule has 0 saturated carbocycles. The number of nitrogens with one attached hydrogen (secondary N) is 2. The zero-order chi connectivity index (χ0) is 15.5. The molecule has 0 fully saturated rings. The fraction of sp³-hybridized carbons (Fsp3) is 0.200. The highest BCUT2D eigenvalue weighted by atomic mass is 35.5. The van der Waals surface area contributed by atoms with Gasteiger partial charge >= 0.3 is 6.09 Å². The molecule has 1 aromatic carbocycles. The summed E-state index contributed by atoms with van der Waals surface area (Å²) in [6.07, 6.45) is 3.62. The lowest BCUT2D eigenvalue weighted by Crippen LogP contribution is -2.14. The van der Waals surface area contributed by atoms with Crippen LogP contribution in [0.25, 0.3) is 11.3 Å². The molecule has 1 aromatic heterocycles. The van der Waals surface area contributed by atoms with E-state index in [1.165, 1.54) is 0 Å². The molecular weight excluding hydrogens is 304 g/mol. The Morgan fingerprint density at radius 2 is 2.14 bits per heavy atom. The second-order valence-electron chi connectivity index (χ2n) is 4.87. The van der Waals surface area contributed by atoms with E-state index < -0.39 is 6.09 Å². The lowest BCUT2D eigenvalue weighted by atomic mass is 10.1. The Bertz CT molecular complexity index is 726. The molecule has 0 aliphatic carbocycles. The summed E-state index contributed by atoms with van der Waals surface area (Å²) < 4.78 is 5.07. The van der Waals surface area contributed by atoms with E-state index in [-0.39, 0.29) is 12.6 Å². The fourth-order valence-electron chi connectivity index (χ4n) is 2.21. The zero-order valence-electron chi connectivity index (χ0n) is 11.7. The van der Waals surface area contributed by atoms with E-state index >= 15 is 0 Å². The van der Waals surface area contributed by atoms with Crippen LogP contribution in [0.3, 0.4) is 0 Å². The number of amides is 1. The Morgan fingerprint density at radius 1 is 1.32 bits per heavy atom. The topological polar surface area (TPSA) is 93.0 Å². The summed E-state index contributed by atoms with van der Waals surface area (Å²) in [5.41, 5.74) is 7.91. The van der Waals surface area contributed by atoms with Gasteiger partial charge in [-0.3, -0.25) is 5.32 Å². The summed E-state index contributed by atoms with van der Waals surface area (Å²) in [6.45, 7) is 0.185. The molecule has 6 nitrogen and oxygen atoms in total. The Kier molecular flexibility index (Phi) is 4.13. The van der Waals surface area contributed by atoms with Crippen molar-refractivity contribution in [2.24, 2.45) is 5.73 Å². The van der Waals surface area contributed by atoms with Gasteiger partial charge in [0.05, 0.1) is 11.7 Å². The maximum absolute atomic E-state index is 11.8. The number of halogens is 1. The van der Waals surface area contributed by atoms with Gasteiger partial charge in [-0.15, -0.1) is 0 Å². The van der Waals surface area contributed by atoms with Crippen LogP contribution in [-0.2, 0) is 4.74 Å². The molecule has 0 unspecified atom stereocenters. The van der Waals surface area contributed by atoms with E-state index in [9.17, 15) is 4.79 Å². The summed E-state index contributed by atoms with van der Waals surface area (Å²) in [7, 11) is 0. The first-order valence-corrected chi connectivity index (χ1v) is 7.22. The standard InChI is InChI=1S/C15H15ClN4O2/c16-13-12-9-5-1-2-7-11(9)18-15(21)22-8-4-3-6-10(17)14(19-12)20-13/h1-5,7,10H,6,8,17H2,(H,18,21)(H,19,20)/b4-3-/t10-/m0/s1. The average molecular weight is 319 g/mol. The van der Waals surface area contributed by atoms with Gasteiger partial charge in [-0.25, -0.2) is 9.78 Å². The summed E-state index contributed by atoms with van der Waals surface area (Å²) in [5, 5.41) is 3.08. The fourth-order valence-corrected chi connectivity index (χ4v) is 2.46. The number of aromatic amines is 1. The number of H-pyrrole nitrogens is 1. The molecule has 1 aliphatic heterocycles. The number of nitrogens with zero attached hydrogens (tertiary/aromatic N) is 1. The molecule has 2 bridgehead atoms. The predicted octanol–water partition coefficient (Wildman–Crippen LogP) is 3.24. The third-order valence-corrected chi connectivity index (χ3v) is 3.59. The number of rotatable bonds is 0. The summed E-state index contributed by atoms with van der Waals surface area (Å²) >= 11 is 6.24. The number of carbonyl (C=O) groups excluding carboxylic acids is 1. The van der Waals surface area contributed by atoms with Crippen LogP contribution in [0.15, 0.2) is 36.4 Å². The predicted molar refractivity (Wildman–Crippen MR) is 84.7 cm³/mol. The van der Waals surface area contributed by atoms with Gasteiger partial charge in [0.15, 0.2) is 0 Å². The second kappa shape index (κ2) is 6.21. The van der Waals surface area contributed by atoms with E-state index in [4.69, 9.17) is 22.1 Å². The van der Waals surface area contributed by atoms with Crippen molar-refractivity contribution in [1.82, 2.24) is 9.97 Å². The van der Waals surface area contributed by atoms with Crippen molar-refractivity contribution in [3.05, 3.63) is 47.4 Å². The summed E-state index contributed by atoms with van der Waals surface area (Å²) in [6, 6.07) is 6.93. The highest BCUT2D eigenvalue weighted by molar-refractivity contribution is 6.32. The van der Waals surface area contributed by atoms with Crippen molar-refractivity contribution in [3.8, 4) is 11.3 Å². The Morgan fingerprint density at radius 3 is 3.00 bits per heavy atom. The number of hydrogen-bond donors (Lipinski definition) is 3. The molecule has 3 rings (SSSR count). The third kappa shape index (κ3) is 2.98. The first kappa shape index (κ1) is 14.6. The smallest absolute Gasteiger partial charge is 0.411 e. The number of fused-ring (bicyclic) bond motifs is 4. The van der Waals surface area contributed by atoms with E-state index in [1.54, 1.807) is 12.1 Å². The van der Waals surface area contributed by atoms with Gasteiger partial charge in [0.2, 0.25) is 0 Å². The van der Waals surface area contributed by atoms with Gasteiger partial charge in [0.25, 0.3) is 0 Å². The summed E-state index contributed by atoms with van der Waals surface area (Å²) in [5.74, 6) is 0.603. The average Bonchev–Trinajstić information content (AvgIpc) is 2.89. The van der Waals surface area contributed by atoms with E-state index in [0.717, 1.165) is 0 Å². The van der Waals surface area contributed by atoms with Crippen molar-refractivity contribution in [1.29, 1.82) is 0 Å². The van der Waals surface area contributed by atoms with Crippen LogP contribution in [0.2, 0.25) is 5.15 Å². The number of ether oxygens (including phenoxy) is 1. The van der Waals surface area contributed by atoms with Crippen LogP contribution in [-0.4, -0.2) is 22.7 Å².